The average molecular weight is 353 g/mol. The van der Waals surface area contributed by atoms with Gasteiger partial charge in [-0.2, -0.15) is 5.10 Å². The molecule has 2 aromatic heterocycles. The molecule has 136 valence electrons. The highest BCUT2D eigenvalue weighted by Gasteiger charge is 2.26. The predicted molar refractivity (Wildman–Crippen MR) is 101 cm³/mol. The van der Waals surface area contributed by atoms with Crippen LogP contribution < -0.4 is 4.90 Å². The van der Waals surface area contributed by atoms with Gasteiger partial charge in [0, 0.05) is 30.8 Å². The van der Waals surface area contributed by atoms with E-state index in [1.807, 2.05) is 18.5 Å². The molecule has 0 saturated carbocycles. The zero-order chi connectivity index (χ0) is 18.3. The Morgan fingerprint density at radius 1 is 1.12 bits per heavy atom. The molecule has 0 unspecified atom stereocenters. The molecule has 1 aliphatic rings. The fraction of sp³-hybridized carbons (Fsp3) is 0.400. The van der Waals surface area contributed by atoms with Crippen molar-refractivity contribution in [3.05, 3.63) is 59.1 Å². The van der Waals surface area contributed by atoms with E-state index in [2.05, 4.69) is 33.0 Å². The summed E-state index contributed by atoms with van der Waals surface area (Å²) in [5.41, 5.74) is 5.11. The Morgan fingerprint density at radius 3 is 2.58 bits per heavy atom. The maximum absolute atomic E-state index is 13.8. The number of H-pyrrole nitrogens is 1. The number of nitrogens with zero attached hydrogens (tertiary/aromatic N) is 4. The molecule has 0 aliphatic carbocycles. The smallest absolute Gasteiger partial charge is 0.132 e. The van der Waals surface area contributed by atoms with Gasteiger partial charge in [-0.15, -0.1) is 0 Å². The maximum Gasteiger partial charge on any atom is 0.132 e. The van der Waals surface area contributed by atoms with Gasteiger partial charge in [0.15, 0.2) is 0 Å². The SMILES string of the molecule is Cc1cc(N2CCC(c3nc[nH]c3C)CC2)n(-c2cc(F)ccc2C)n1. The molecular formula is C20H24FN5. The lowest BCUT2D eigenvalue weighted by Gasteiger charge is -2.33. The van der Waals surface area contributed by atoms with E-state index in [9.17, 15) is 4.39 Å². The number of halogens is 1. The molecular weight excluding hydrogens is 329 g/mol. The van der Waals surface area contributed by atoms with Crippen LogP contribution in [0.15, 0.2) is 30.6 Å². The number of benzene rings is 1. The van der Waals surface area contributed by atoms with Gasteiger partial charge in [0.25, 0.3) is 0 Å². The highest BCUT2D eigenvalue weighted by Crippen LogP contribution is 2.32. The average Bonchev–Trinajstić information content (AvgIpc) is 3.23. The summed E-state index contributed by atoms with van der Waals surface area (Å²) < 4.78 is 15.7. The molecule has 5 nitrogen and oxygen atoms in total. The summed E-state index contributed by atoms with van der Waals surface area (Å²) in [6, 6.07) is 6.94. The van der Waals surface area contributed by atoms with Gasteiger partial charge >= 0.3 is 0 Å². The van der Waals surface area contributed by atoms with Crippen molar-refractivity contribution in [2.75, 3.05) is 18.0 Å². The number of aryl methyl sites for hydroxylation is 3. The number of hydrogen-bond donors (Lipinski definition) is 1. The Balaban J connectivity index is 1.60. The molecule has 26 heavy (non-hydrogen) atoms. The molecule has 3 aromatic rings. The summed E-state index contributed by atoms with van der Waals surface area (Å²) in [6.07, 6.45) is 3.89. The largest absolute Gasteiger partial charge is 0.356 e. The Bertz CT molecular complexity index is 918. The first kappa shape index (κ1) is 16.8. The molecule has 0 spiro atoms. The van der Waals surface area contributed by atoms with Gasteiger partial charge in [-0.1, -0.05) is 6.07 Å². The van der Waals surface area contributed by atoms with Crippen molar-refractivity contribution >= 4 is 5.82 Å². The van der Waals surface area contributed by atoms with Crippen molar-refractivity contribution in [3.8, 4) is 5.69 Å². The van der Waals surface area contributed by atoms with E-state index >= 15 is 0 Å². The van der Waals surface area contributed by atoms with Gasteiger partial charge in [-0.05, 0) is 51.3 Å². The zero-order valence-corrected chi connectivity index (χ0v) is 15.5. The van der Waals surface area contributed by atoms with Crippen LogP contribution in [0, 0.1) is 26.6 Å². The Kier molecular flexibility index (Phi) is 4.26. The van der Waals surface area contributed by atoms with Gasteiger partial charge < -0.3 is 9.88 Å². The van der Waals surface area contributed by atoms with Crippen molar-refractivity contribution in [1.29, 1.82) is 0 Å². The van der Waals surface area contributed by atoms with E-state index in [0.29, 0.717) is 5.92 Å². The van der Waals surface area contributed by atoms with Crippen molar-refractivity contribution in [2.45, 2.75) is 39.5 Å². The molecule has 1 saturated heterocycles. The summed E-state index contributed by atoms with van der Waals surface area (Å²) in [5.74, 6) is 1.29. The Morgan fingerprint density at radius 2 is 1.88 bits per heavy atom. The number of aromatic nitrogens is 4. The molecule has 0 bridgehead atoms. The second-order valence-corrected chi connectivity index (χ2v) is 7.16. The molecule has 1 aromatic carbocycles. The second kappa shape index (κ2) is 6.59. The van der Waals surface area contributed by atoms with Crippen LogP contribution in [-0.2, 0) is 0 Å². The summed E-state index contributed by atoms with van der Waals surface area (Å²) in [7, 11) is 0. The van der Waals surface area contributed by atoms with Crippen LogP contribution in [0.3, 0.4) is 0 Å². The van der Waals surface area contributed by atoms with E-state index < -0.39 is 0 Å². The first-order valence-electron chi connectivity index (χ1n) is 9.11. The highest BCUT2D eigenvalue weighted by molar-refractivity contribution is 5.51. The highest BCUT2D eigenvalue weighted by atomic mass is 19.1. The number of anilines is 1. The molecule has 6 heteroatoms. The van der Waals surface area contributed by atoms with E-state index in [1.165, 1.54) is 17.5 Å². The molecule has 0 atom stereocenters. The third-order valence-electron chi connectivity index (χ3n) is 5.29. The molecule has 1 N–H and O–H groups in total. The van der Waals surface area contributed by atoms with E-state index in [0.717, 1.165) is 48.7 Å². The number of rotatable bonds is 3. The first-order chi connectivity index (χ1) is 12.5. The molecule has 3 heterocycles. The van der Waals surface area contributed by atoms with E-state index in [-0.39, 0.29) is 5.82 Å². The molecule has 1 fully saturated rings. The van der Waals surface area contributed by atoms with Crippen LogP contribution in [0.1, 0.15) is 41.4 Å². The lowest BCUT2D eigenvalue weighted by molar-refractivity contribution is 0.490. The van der Waals surface area contributed by atoms with Crippen LogP contribution in [0.2, 0.25) is 0 Å². The molecule has 4 rings (SSSR count). The number of hydrogen-bond acceptors (Lipinski definition) is 3. The van der Waals surface area contributed by atoms with Gasteiger partial charge in [-0.3, -0.25) is 0 Å². The van der Waals surface area contributed by atoms with Crippen LogP contribution in [0.4, 0.5) is 10.2 Å². The van der Waals surface area contributed by atoms with Crippen LogP contribution >= 0.6 is 0 Å². The van der Waals surface area contributed by atoms with Crippen LogP contribution in [0.25, 0.3) is 5.69 Å². The number of aromatic amines is 1. The standard InChI is InChI=1S/C20H24FN5/c1-13-4-5-17(21)11-18(13)26-19(10-14(2)24-26)25-8-6-16(7-9-25)20-15(3)22-12-23-20/h4-5,10-12,16H,6-9H2,1-3H3,(H,22,23). The lowest BCUT2D eigenvalue weighted by Crippen LogP contribution is -2.34. The topological polar surface area (TPSA) is 49.7 Å². The number of nitrogens with one attached hydrogen (secondary N) is 1. The predicted octanol–water partition coefficient (Wildman–Crippen LogP) is 4.04. The number of piperidine rings is 1. The van der Waals surface area contributed by atoms with E-state index in [1.54, 1.807) is 18.5 Å². The van der Waals surface area contributed by atoms with Gasteiger partial charge in [0.1, 0.15) is 11.6 Å². The van der Waals surface area contributed by atoms with Crippen molar-refractivity contribution in [2.24, 2.45) is 0 Å². The van der Waals surface area contributed by atoms with Crippen LogP contribution in [0.5, 0.6) is 0 Å². The quantitative estimate of drug-likeness (QED) is 0.773. The Hall–Kier alpha value is -2.63. The molecule has 1 aliphatic heterocycles. The van der Waals surface area contributed by atoms with Gasteiger partial charge in [0.2, 0.25) is 0 Å². The summed E-state index contributed by atoms with van der Waals surface area (Å²) in [6.45, 7) is 7.93. The fourth-order valence-corrected chi connectivity index (χ4v) is 3.86. The van der Waals surface area contributed by atoms with Gasteiger partial charge in [0.05, 0.1) is 23.4 Å². The third-order valence-corrected chi connectivity index (χ3v) is 5.29. The minimum atomic E-state index is -0.239. The van der Waals surface area contributed by atoms with E-state index in [4.69, 9.17) is 0 Å². The second-order valence-electron chi connectivity index (χ2n) is 7.16. The first-order valence-corrected chi connectivity index (χ1v) is 9.11. The van der Waals surface area contributed by atoms with Gasteiger partial charge in [-0.25, -0.2) is 14.1 Å². The summed E-state index contributed by atoms with van der Waals surface area (Å²) in [4.78, 5) is 10.0. The third kappa shape index (κ3) is 3.00. The van der Waals surface area contributed by atoms with Crippen molar-refractivity contribution in [1.82, 2.24) is 19.7 Å². The molecule has 0 radical (unpaired) electrons. The fourth-order valence-electron chi connectivity index (χ4n) is 3.86. The maximum atomic E-state index is 13.8. The number of imidazole rings is 1. The monoisotopic (exact) mass is 353 g/mol. The summed E-state index contributed by atoms with van der Waals surface area (Å²) >= 11 is 0. The zero-order valence-electron chi connectivity index (χ0n) is 15.5. The van der Waals surface area contributed by atoms with Crippen LogP contribution in [-0.4, -0.2) is 32.8 Å². The van der Waals surface area contributed by atoms with Crippen molar-refractivity contribution < 1.29 is 4.39 Å². The molecule has 0 amide bonds. The van der Waals surface area contributed by atoms with Crippen molar-refractivity contribution in [3.63, 3.8) is 0 Å². The lowest BCUT2D eigenvalue weighted by atomic mass is 9.92. The minimum absolute atomic E-state index is 0.239. The summed E-state index contributed by atoms with van der Waals surface area (Å²) in [5, 5.41) is 4.63. The minimum Gasteiger partial charge on any atom is -0.356 e. The Labute approximate surface area is 152 Å². The normalized spacial score (nSPS) is 15.6.